The van der Waals surface area contributed by atoms with E-state index in [1.54, 1.807) is 53.7 Å². The lowest BCUT2D eigenvalue weighted by Crippen LogP contribution is -2.44. The molecule has 0 radical (unpaired) electrons. The summed E-state index contributed by atoms with van der Waals surface area (Å²) in [4.78, 5) is 34.3. The molecule has 3 aromatic heterocycles. The maximum atomic E-state index is 13.5. The molecule has 35 heavy (non-hydrogen) atoms. The molecule has 0 unspecified atom stereocenters. The molecule has 0 aromatic carbocycles. The number of hydrogen-bond acceptors (Lipinski definition) is 8. The van der Waals surface area contributed by atoms with Crippen molar-refractivity contribution >= 4 is 18.0 Å². The van der Waals surface area contributed by atoms with Crippen LogP contribution in [0.15, 0.2) is 41.2 Å². The van der Waals surface area contributed by atoms with Gasteiger partial charge in [-0.05, 0) is 65.3 Å². The molecule has 0 bridgehead atoms. The maximum Gasteiger partial charge on any atom is 0.425 e. The Morgan fingerprint density at radius 2 is 1.63 bits per heavy atom. The van der Waals surface area contributed by atoms with Crippen molar-refractivity contribution in [3.05, 3.63) is 59.7 Å². The molecule has 0 saturated carbocycles. The fourth-order valence-electron chi connectivity index (χ4n) is 2.92. The summed E-state index contributed by atoms with van der Waals surface area (Å²) in [6, 6.07) is 5.71. The van der Waals surface area contributed by atoms with Crippen molar-refractivity contribution < 1.29 is 32.4 Å². The molecule has 0 aliphatic heterocycles. The third-order valence-electron chi connectivity index (χ3n) is 4.21. The van der Waals surface area contributed by atoms with Gasteiger partial charge < -0.3 is 14.0 Å². The van der Waals surface area contributed by atoms with Crippen molar-refractivity contribution in [2.24, 2.45) is 0 Å². The van der Waals surface area contributed by atoms with Gasteiger partial charge >= 0.3 is 12.2 Å². The van der Waals surface area contributed by atoms with Crippen LogP contribution in [-0.4, -0.2) is 38.5 Å². The van der Waals surface area contributed by atoms with Crippen LogP contribution in [0.4, 0.5) is 24.2 Å². The monoisotopic (exact) mass is 488 g/mol. The molecule has 9 nitrogen and oxygen atoms in total. The highest BCUT2D eigenvalue weighted by atomic mass is 19.2. The second-order valence-corrected chi connectivity index (χ2v) is 9.65. The molecule has 3 heterocycles. The number of imide groups is 1. The molecular weight excluding hydrogens is 462 g/mol. The van der Waals surface area contributed by atoms with Gasteiger partial charge in [0.25, 0.3) is 0 Å². The molecule has 0 N–H and O–H groups in total. The number of anilines is 1. The normalized spacial score (nSPS) is 11.8. The van der Waals surface area contributed by atoms with Gasteiger partial charge in [0.05, 0.1) is 11.3 Å². The van der Waals surface area contributed by atoms with Crippen molar-refractivity contribution in [3.8, 4) is 11.3 Å². The first kappa shape index (κ1) is 25.7. The molecule has 3 rings (SSSR count). The highest BCUT2D eigenvalue weighted by Crippen LogP contribution is 2.32. The Kier molecular flexibility index (Phi) is 7.18. The molecule has 11 heteroatoms. The van der Waals surface area contributed by atoms with E-state index < -0.39 is 35.2 Å². The summed E-state index contributed by atoms with van der Waals surface area (Å²) >= 11 is 0. The molecule has 0 aliphatic rings. The van der Waals surface area contributed by atoms with Crippen LogP contribution in [0.5, 0.6) is 0 Å². The van der Waals surface area contributed by atoms with Gasteiger partial charge in [0, 0.05) is 24.9 Å². The van der Waals surface area contributed by atoms with E-state index in [9.17, 15) is 18.4 Å². The third-order valence-corrected chi connectivity index (χ3v) is 4.21. The van der Waals surface area contributed by atoms with Gasteiger partial charge in [0.2, 0.25) is 5.95 Å². The lowest BCUT2D eigenvalue weighted by Gasteiger charge is -2.28. The van der Waals surface area contributed by atoms with Crippen LogP contribution in [0.1, 0.15) is 52.8 Å². The topological polar surface area (TPSA) is 108 Å². The van der Waals surface area contributed by atoms with E-state index in [4.69, 9.17) is 14.0 Å². The van der Waals surface area contributed by atoms with Crippen LogP contribution in [-0.2, 0) is 15.9 Å². The number of pyridine rings is 2. The van der Waals surface area contributed by atoms with Crippen molar-refractivity contribution in [2.75, 3.05) is 4.90 Å². The number of nitrogens with zero attached hydrogens (tertiary/aromatic N) is 4. The number of aromatic nitrogens is 3. The first-order chi connectivity index (χ1) is 16.2. The first-order valence-corrected chi connectivity index (χ1v) is 10.7. The van der Waals surface area contributed by atoms with Gasteiger partial charge in [-0.2, -0.15) is 9.29 Å². The fraction of sp³-hybridized carbons (Fsp3) is 0.375. The Hall–Kier alpha value is -3.89. The van der Waals surface area contributed by atoms with E-state index in [0.29, 0.717) is 16.2 Å². The Morgan fingerprint density at radius 1 is 1.00 bits per heavy atom. The van der Waals surface area contributed by atoms with E-state index >= 15 is 0 Å². The van der Waals surface area contributed by atoms with Crippen molar-refractivity contribution in [1.82, 2.24) is 15.1 Å². The van der Waals surface area contributed by atoms with Crippen molar-refractivity contribution in [1.29, 1.82) is 0 Å². The number of carbonyl (C=O) groups excluding carboxylic acids is 2. The first-order valence-electron chi connectivity index (χ1n) is 10.7. The van der Waals surface area contributed by atoms with Gasteiger partial charge in [-0.15, -0.1) is 0 Å². The van der Waals surface area contributed by atoms with E-state index in [1.165, 1.54) is 18.5 Å². The van der Waals surface area contributed by atoms with E-state index in [2.05, 4.69) is 15.1 Å². The maximum absolute atomic E-state index is 13.5. The lowest BCUT2D eigenvalue weighted by atomic mass is 10.1. The van der Waals surface area contributed by atoms with Crippen molar-refractivity contribution in [2.45, 2.75) is 59.2 Å². The van der Waals surface area contributed by atoms with Gasteiger partial charge in [-0.1, -0.05) is 5.16 Å². The average Bonchev–Trinajstić information content (AvgIpc) is 3.17. The number of ether oxygens (including phenoxy) is 2. The van der Waals surface area contributed by atoms with Crippen LogP contribution < -0.4 is 4.90 Å². The summed E-state index contributed by atoms with van der Waals surface area (Å²) in [6.07, 6.45) is 0.712. The zero-order valence-electron chi connectivity index (χ0n) is 20.3. The quantitative estimate of drug-likeness (QED) is 0.432. The number of rotatable bonds is 4. The summed E-state index contributed by atoms with van der Waals surface area (Å²) in [5.74, 6) is -2.19. The minimum atomic E-state index is -1.20. The zero-order chi connectivity index (χ0) is 26.0. The average molecular weight is 488 g/mol. The van der Waals surface area contributed by atoms with Gasteiger partial charge in [0.1, 0.15) is 11.2 Å². The Bertz CT molecular complexity index is 1200. The highest BCUT2D eigenvalue weighted by molar-refractivity contribution is 6.10. The SMILES string of the molecule is CC(C)(C)OC(=O)N(C(=O)OC(C)(C)C)c1ncccc1-c1cc(Cc2cnc(F)c(F)c2)no1. The molecule has 186 valence electrons. The van der Waals surface area contributed by atoms with Crippen LogP contribution in [0, 0.1) is 11.8 Å². The molecule has 0 atom stereocenters. The van der Waals surface area contributed by atoms with Crippen LogP contribution in [0.25, 0.3) is 11.3 Å². The summed E-state index contributed by atoms with van der Waals surface area (Å²) in [5.41, 5.74) is -0.789. The minimum Gasteiger partial charge on any atom is -0.443 e. The second kappa shape index (κ2) is 9.77. The van der Waals surface area contributed by atoms with Crippen LogP contribution in [0.2, 0.25) is 0 Å². The van der Waals surface area contributed by atoms with Crippen LogP contribution in [0.3, 0.4) is 0 Å². The molecule has 0 saturated heterocycles. The fourth-order valence-corrected chi connectivity index (χ4v) is 2.92. The summed E-state index contributed by atoms with van der Waals surface area (Å²) in [5, 5.41) is 3.95. The van der Waals surface area contributed by atoms with Gasteiger partial charge in [-0.3, -0.25) is 0 Å². The predicted molar refractivity (Wildman–Crippen MR) is 122 cm³/mol. The Balaban J connectivity index is 1.99. The summed E-state index contributed by atoms with van der Waals surface area (Å²) < 4.78 is 42.9. The van der Waals surface area contributed by atoms with E-state index in [0.717, 1.165) is 6.07 Å². The predicted octanol–water partition coefficient (Wildman–Crippen LogP) is 5.68. The molecule has 0 aliphatic carbocycles. The second-order valence-electron chi connectivity index (χ2n) is 9.65. The van der Waals surface area contributed by atoms with E-state index in [-0.39, 0.29) is 23.6 Å². The number of amides is 2. The number of halogens is 2. The standard InChI is InChI=1S/C24H26F2N4O5/c1-23(2,3)33-21(31)30(22(32)34-24(4,5)6)20-16(8-7-9-27-20)18-12-15(29-35-18)10-14-11-17(25)19(26)28-13-14/h7-9,11-13H,10H2,1-6H3. The Labute approximate surface area is 201 Å². The molecular formula is C24H26F2N4O5. The molecule has 2 amide bonds. The van der Waals surface area contributed by atoms with Gasteiger partial charge in [0.15, 0.2) is 17.4 Å². The number of carbonyl (C=O) groups is 2. The Morgan fingerprint density at radius 3 is 2.20 bits per heavy atom. The van der Waals surface area contributed by atoms with Gasteiger partial charge in [-0.25, -0.2) is 23.9 Å². The molecule has 0 fully saturated rings. The summed E-state index contributed by atoms with van der Waals surface area (Å²) in [6.45, 7) is 9.96. The smallest absolute Gasteiger partial charge is 0.425 e. The minimum absolute atomic E-state index is 0.0896. The highest BCUT2D eigenvalue weighted by Gasteiger charge is 2.35. The largest absolute Gasteiger partial charge is 0.443 e. The number of hydrogen-bond donors (Lipinski definition) is 0. The summed E-state index contributed by atoms with van der Waals surface area (Å²) in [7, 11) is 0. The third kappa shape index (κ3) is 6.81. The zero-order valence-corrected chi connectivity index (χ0v) is 20.3. The molecule has 3 aromatic rings. The van der Waals surface area contributed by atoms with Crippen LogP contribution >= 0.6 is 0 Å². The lowest BCUT2D eigenvalue weighted by molar-refractivity contribution is 0.0429. The van der Waals surface area contributed by atoms with E-state index in [1.807, 2.05) is 0 Å². The van der Waals surface area contributed by atoms with Crippen molar-refractivity contribution in [3.63, 3.8) is 0 Å². The molecule has 0 spiro atoms.